The van der Waals surface area contributed by atoms with Crippen molar-refractivity contribution in [3.63, 3.8) is 0 Å². The minimum absolute atomic E-state index is 0.0723. The van der Waals surface area contributed by atoms with E-state index in [1.54, 1.807) is 28.9 Å². The summed E-state index contributed by atoms with van der Waals surface area (Å²) < 4.78 is 24.9. The number of hydrogen-bond acceptors (Lipinski definition) is 5. The molecule has 6 nitrogen and oxygen atoms in total. The second kappa shape index (κ2) is 3.96. The third-order valence-electron chi connectivity index (χ3n) is 3.04. The molecule has 3 heterocycles. The van der Waals surface area contributed by atoms with Crippen LogP contribution in [-0.4, -0.2) is 41.0 Å². The number of aromatic nitrogens is 2. The topological polar surface area (TPSA) is 83.7 Å². The number of imidazole rings is 1. The standard InChI is InChI=1S/C11H13N3O3S/c15-8-1-2-11-13-9(6-14(11)5-8)10-7-18(16,17)4-3-12-10/h1-2,5-6,10,12,15H,3-4,7H2. The van der Waals surface area contributed by atoms with Gasteiger partial charge in [-0.15, -0.1) is 0 Å². The molecule has 1 aliphatic heterocycles. The van der Waals surface area contributed by atoms with E-state index >= 15 is 0 Å². The van der Waals surface area contributed by atoms with Crippen LogP contribution in [0.5, 0.6) is 5.75 Å². The lowest BCUT2D eigenvalue weighted by molar-refractivity contribution is 0.472. The van der Waals surface area contributed by atoms with E-state index in [9.17, 15) is 13.5 Å². The number of nitrogens with zero attached hydrogens (tertiary/aromatic N) is 2. The summed E-state index contributed by atoms with van der Waals surface area (Å²) in [5.74, 6) is 0.399. The number of sulfone groups is 1. The van der Waals surface area contributed by atoms with E-state index in [1.807, 2.05) is 0 Å². The van der Waals surface area contributed by atoms with Crippen molar-refractivity contribution in [2.75, 3.05) is 18.1 Å². The second-order valence-corrected chi connectivity index (χ2v) is 6.67. The van der Waals surface area contributed by atoms with Gasteiger partial charge < -0.3 is 14.8 Å². The van der Waals surface area contributed by atoms with Gasteiger partial charge in [0, 0.05) is 12.7 Å². The summed E-state index contributed by atoms with van der Waals surface area (Å²) in [6.45, 7) is 0.451. The maximum atomic E-state index is 11.6. The molecule has 0 saturated carbocycles. The van der Waals surface area contributed by atoms with Gasteiger partial charge in [0.2, 0.25) is 0 Å². The molecule has 0 radical (unpaired) electrons. The van der Waals surface area contributed by atoms with E-state index in [0.29, 0.717) is 17.9 Å². The highest BCUT2D eigenvalue weighted by Crippen LogP contribution is 2.20. The summed E-state index contributed by atoms with van der Waals surface area (Å²) in [6.07, 6.45) is 3.29. The molecule has 18 heavy (non-hydrogen) atoms. The van der Waals surface area contributed by atoms with Gasteiger partial charge in [-0.2, -0.15) is 0 Å². The SMILES string of the molecule is O=S1(=O)CCNC(c2cn3cc(O)ccc3n2)C1. The zero-order valence-electron chi connectivity index (χ0n) is 9.57. The smallest absolute Gasteiger partial charge is 0.153 e. The fourth-order valence-corrected chi connectivity index (χ4v) is 3.53. The summed E-state index contributed by atoms with van der Waals surface area (Å²) in [6, 6.07) is 2.97. The lowest BCUT2D eigenvalue weighted by Crippen LogP contribution is -2.39. The maximum absolute atomic E-state index is 11.6. The molecule has 0 amide bonds. The van der Waals surface area contributed by atoms with Crippen molar-refractivity contribution < 1.29 is 13.5 Å². The molecule has 1 fully saturated rings. The first-order chi connectivity index (χ1) is 8.53. The fraction of sp³-hybridized carbons (Fsp3) is 0.364. The molecule has 0 bridgehead atoms. The summed E-state index contributed by atoms with van der Waals surface area (Å²) in [7, 11) is -2.99. The van der Waals surface area contributed by atoms with Crippen molar-refractivity contribution in [1.82, 2.24) is 14.7 Å². The van der Waals surface area contributed by atoms with Crippen LogP contribution in [0.25, 0.3) is 5.65 Å². The number of aromatic hydroxyl groups is 1. The molecule has 0 spiro atoms. The Kier molecular flexibility index (Phi) is 2.53. The largest absolute Gasteiger partial charge is 0.506 e. The van der Waals surface area contributed by atoms with Gasteiger partial charge >= 0.3 is 0 Å². The number of rotatable bonds is 1. The van der Waals surface area contributed by atoms with Crippen molar-refractivity contribution in [3.05, 3.63) is 30.2 Å². The van der Waals surface area contributed by atoms with Crippen molar-refractivity contribution in [2.45, 2.75) is 6.04 Å². The molecule has 7 heteroatoms. The van der Waals surface area contributed by atoms with Gasteiger partial charge in [-0.05, 0) is 12.1 Å². The third-order valence-corrected chi connectivity index (χ3v) is 4.70. The average molecular weight is 267 g/mol. The van der Waals surface area contributed by atoms with Crippen LogP contribution in [0.2, 0.25) is 0 Å². The van der Waals surface area contributed by atoms with E-state index in [1.165, 1.54) is 0 Å². The molecule has 1 saturated heterocycles. The Bertz CT molecular complexity index is 693. The van der Waals surface area contributed by atoms with Crippen LogP contribution in [0.15, 0.2) is 24.5 Å². The van der Waals surface area contributed by atoms with Crippen molar-refractivity contribution in [1.29, 1.82) is 0 Å². The fourth-order valence-electron chi connectivity index (χ4n) is 2.14. The molecular weight excluding hydrogens is 254 g/mol. The number of hydrogen-bond donors (Lipinski definition) is 2. The van der Waals surface area contributed by atoms with Crippen LogP contribution in [0, 0.1) is 0 Å². The Morgan fingerprint density at radius 3 is 3.00 bits per heavy atom. The van der Waals surface area contributed by atoms with Crippen LogP contribution in [0.1, 0.15) is 11.7 Å². The van der Waals surface area contributed by atoms with E-state index in [4.69, 9.17) is 0 Å². The Hall–Kier alpha value is -1.60. The molecule has 0 aliphatic carbocycles. The van der Waals surface area contributed by atoms with Gasteiger partial charge in [0.05, 0.1) is 29.4 Å². The van der Waals surface area contributed by atoms with E-state index in [2.05, 4.69) is 10.3 Å². The molecule has 3 rings (SSSR count). The van der Waals surface area contributed by atoms with Gasteiger partial charge in [0.15, 0.2) is 9.84 Å². The van der Waals surface area contributed by atoms with Gasteiger partial charge in [-0.25, -0.2) is 13.4 Å². The summed E-state index contributed by atoms with van der Waals surface area (Å²) in [5.41, 5.74) is 1.37. The highest BCUT2D eigenvalue weighted by Gasteiger charge is 2.27. The number of fused-ring (bicyclic) bond motifs is 1. The minimum Gasteiger partial charge on any atom is -0.506 e. The Morgan fingerprint density at radius 1 is 1.39 bits per heavy atom. The summed E-state index contributed by atoms with van der Waals surface area (Å²) >= 11 is 0. The van der Waals surface area contributed by atoms with Crippen LogP contribution in [-0.2, 0) is 9.84 Å². The van der Waals surface area contributed by atoms with Crippen molar-refractivity contribution in [3.8, 4) is 5.75 Å². The summed E-state index contributed by atoms with van der Waals surface area (Å²) in [4.78, 5) is 4.37. The zero-order chi connectivity index (χ0) is 12.8. The van der Waals surface area contributed by atoms with E-state index in [-0.39, 0.29) is 23.3 Å². The third kappa shape index (κ3) is 2.06. The summed E-state index contributed by atoms with van der Waals surface area (Å²) in [5, 5.41) is 12.5. The highest BCUT2D eigenvalue weighted by molar-refractivity contribution is 7.91. The Balaban J connectivity index is 1.99. The van der Waals surface area contributed by atoms with Gasteiger partial charge in [0.1, 0.15) is 11.4 Å². The first-order valence-electron chi connectivity index (χ1n) is 5.65. The predicted molar refractivity (Wildman–Crippen MR) is 66.3 cm³/mol. The lowest BCUT2D eigenvalue weighted by atomic mass is 10.2. The minimum atomic E-state index is -2.99. The average Bonchev–Trinajstić information content (AvgIpc) is 2.70. The second-order valence-electron chi connectivity index (χ2n) is 4.44. The quantitative estimate of drug-likeness (QED) is 0.765. The molecule has 2 aromatic heterocycles. The number of pyridine rings is 1. The van der Waals surface area contributed by atoms with Crippen LogP contribution in [0.4, 0.5) is 0 Å². The highest BCUT2D eigenvalue weighted by atomic mass is 32.2. The van der Waals surface area contributed by atoms with Crippen molar-refractivity contribution >= 4 is 15.5 Å². The Morgan fingerprint density at radius 2 is 2.22 bits per heavy atom. The van der Waals surface area contributed by atoms with Gasteiger partial charge in [-0.3, -0.25) is 0 Å². The first kappa shape index (κ1) is 11.5. The molecule has 1 unspecified atom stereocenters. The molecule has 2 aromatic rings. The normalized spacial score (nSPS) is 23.2. The maximum Gasteiger partial charge on any atom is 0.153 e. The van der Waals surface area contributed by atoms with Crippen LogP contribution < -0.4 is 5.32 Å². The molecule has 1 atom stereocenters. The van der Waals surface area contributed by atoms with Gasteiger partial charge in [-0.1, -0.05) is 0 Å². The van der Waals surface area contributed by atoms with Crippen LogP contribution >= 0.6 is 0 Å². The predicted octanol–water partition coefficient (Wildman–Crippen LogP) is 0.0990. The molecule has 2 N–H and O–H groups in total. The number of nitrogens with one attached hydrogen (secondary N) is 1. The molecule has 1 aliphatic rings. The lowest BCUT2D eigenvalue weighted by Gasteiger charge is -2.21. The van der Waals surface area contributed by atoms with Crippen molar-refractivity contribution in [2.24, 2.45) is 0 Å². The molecule has 0 aromatic carbocycles. The van der Waals surface area contributed by atoms with E-state index < -0.39 is 9.84 Å². The Labute approximate surface area is 104 Å². The molecular formula is C11H13N3O3S. The van der Waals surface area contributed by atoms with E-state index in [0.717, 1.165) is 0 Å². The molecule has 96 valence electrons. The monoisotopic (exact) mass is 267 g/mol. The van der Waals surface area contributed by atoms with Gasteiger partial charge in [0.25, 0.3) is 0 Å². The first-order valence-corrected chi connectivity index (χ1v) is 7.47. The van der Waals surface area contributed by atoms with Crippen LogP contribution in [0.3, 0.4) is 0 Å². The zero-order valence-corrected chi connectivity index (χ0v) is 10.4.